The van der Waals surface area contributed by atoms with Gasteiger partial charge in [0.1, 0.15) is 11.6 Å². The lowest BCUT2D eigenvalue weighted by Crippen LogP contribution is -2.32. The number of amides is 1. The van der Waals surface area contributed by atoms with Crippen LogP contribution in [0.25, 0.3) is 0 Å². The summed E-state index contributed by atoms with van der Waals surface area (Å²) in [4.78, 5) is 12.3. The van der Waals surface area contributed by atoms with Gasteiger partial charge in [-0.15, -0.1) is 0 Å². The number of aryl methyl sites for hydroxylation is 2. The van der Waals surface area contributed by atoms with Crippen LogP contribution in [0.3, 0.4) is 0 Å². The molecule has 3 nitrogen and oxygen atoms in total. The topological polar surface area (TPSA) is 38.3 Å². The van der Waals surface area contributed by atoms with E-state index in [2.05, 4.69) is 5.32 Å². The molecule has 5 heteroatoms. The summed E-state index contributed by atoms with van der Waals surface area (Å²) in [6.07, 6.45) is -0.131. The van der Waals surface area contributed by atoms with Crippen LogP contribution in [0.5, 0.6) is 5.75 Å². The minimum atomic E-state index is -0.639. The van der Waals surface area contributed by atoms with E-state index in [0.717, 1.165) is 11.1 Å². The van der Waals surface area contributed by atoms with Gasteiger partial charge in [-0.25, -0.2) is 4.39 Å². The van der Waals surface area contributed by atoms with Gasteiger partial charge < -0.3 is 10.1 Å². The van der Waals surface area contributed by atoms with Gasteiger partial charge in [0.15, 0.2) is 6.10 Å². The third-order valence-corrected chi connectivity index (χ3v) is 3.61. The molecule has 0 spiro atoms. The van der Waals surface area contributed by atoms with Gasteiger partial charge in [0, 0.05) is 5.69 Å². The first-order chi connectivity index (χ1) is 10.9. The largest absolute Gasteiger partial charge is 0.481 e. The standard InChI is InChI=1S/C18H19ClFNO2/c1-4-17(23-14-8-11(2)7-12(3)9-14)18(22)21-13-5-6-16(20)15(19)10-13/h5-10,17H,4H2,1-3H3,(H,21,22)/t17-/m0/s1. The summed E-state index contributed by atoms with van der Waals surface area (Å²) in [7, 11) is 0. The van der Waals surface area contributed by atoms with Crippen LogP contribution in [0.15, 0.2) is 36.4 Å². The van der Waals surface area contributed by atoms with E-state index in [1.807, 2.05) is 39.0 Å². The van der Waals surface area contributed by atoms with Gasteiger partial charge in [-0.2, -0.15) is 0 Å². The molecule has 23 heavy (non-hydrogen) atoms. The Morgan fingerprint density at radius 1 is 1.22 bits per heavy atom. The van der Waals surface area contributed by atoms with Gasteiger partial charge in [0.2, 0.25) is 0 Å². The highest BCUT2D eigenvalue weighted by Crippen LogP contribution is 2.21. The molecule has 122 valence electrons. The van der Waals surface area contributed by atoms with Crippen molar-refractivity contribution in [3.8, 4) is 5.75 Å². The molecule has 1 N–H and O–H groups in total. The van der Waals surface area contributed by atoms with E-state index in [1.54, 1.807) is 0 Å². The summed E-state index contributed by atoms with van der Waals surface area (Å²) in [5.41, 5.74) is 2.57. The molecule has 2 aromatic rings. The number of hydrogen-bond donors (Lipinski definition) is 1. The Morgan fingerprint density at radius 2 is 1.87 bits per heavy atom. The molecule has 0 aromatic heterocycles. The Bertz CT molecular complexity index is 698. The van der Waals surface area contributed by atoms with Gasteiger partial charge in [-0.3, -0.25) is 4.79 Å². The normalized spacial score (nSPS) is 11.9. The van der Waals surface area contributed by atoms with Crippen molar-refractivity contribution in [1.82, 2.24) is 0 Å². The predicted molar refractivity (Wildman–Crippen MR) is 90.7 cm³/mol. The lowest BCUT2D eigenvalue weighted by Gasteiger charge is -2.18. The van der Waals surface area contributed by atoms with Gasteiger partial charge in [-0.05, 0) is 61.7 Å². The lowest BCUT2D eigenvalue weighted by atomic mass is 10.1. The van der Waals surface area contributed by atoms with E-state index in [0.29, 0.717) is 17.9 Å². The van der Waals surface area contributed by atoms with Gasteiger partial charge in [0.25, 0.3) is 5.91 Å². The molecule has 2 aromatic carbocycles. The summed E-state index contributed by atoms with van der Waals surface area (Å²) in [5.74, 6) is -0.167. The molecule has 1 atom stereocenters. The fourth-order valence-electron chi connectivity index (χ4n) is 2.28. The molecule has 2 rings (SSSR count). The Kier molecular flexibility index (Phi) is 5.61. The fourth-order valence-corrected chi connectivity index (χ4v) is 2.46. The van der Waals surface area contributed by atoms with E-state index in [4.69, 9.17) is 16.3 Å². The highest BCUT2D eigenvalue weighted by atomic mass is 35.5. The van der Waals surface area contributed by atoms with Gasteiger partial charge >= 0.3 is 0 Å². The third-order valence-electron chi connectivity index (χ3n) is 3.32. The summed E-state index contributed by atoms with van der Waals surface area (Å²) >= 11 is 5.72. The Morgan fingerprint density at radius 3 is 2.43 bits per heavy atom. The predicted octanol–water partition coefficient (Wildman–Crippen LogP) is 4.89. The van der Waals surface area contributed by atoms with Crippen LogP contribution in [0.2, 0.25) is 5.02 Å². The van der Waals surface area contributed by atoms with Crippen LogP contribution in [0.1, 0.15) is 24.5 Å². The lowest BCUT2D eigenvalue weighted by molar-refractivity contribution is -0.122. The Labute approximate surface area is 140 Å². The summed E-state index contributed by atoms with van der Waals surface area (Å²) in [6, 6.07) is 9.86. The first kappa shape index (κ1) is 17.3. The molecule has 0 saturated carbocycles. The van der Waals surface area contributed by atoms with Crippen LogP contribution >= 0.6 is 11.6 Å². The number of anilines is 1. The number of carbonyl (C=O) groups excluding carboxylic acids is 1. The second kappa shape index (κ2) is 7.47. The molecule has 0 fully saturated rings. The number of halogens is 2. The first-order valence-corrected chi connectivity index (χ1v) is 7.77. The van der Waals surface area contributed by atoms with E-state index >= 15 is 0 Å². The van der Waals surface area contributed by atoms with Crippen LogP contribution in [-0.4, -0.2) is 12.0 Å². The quantitative estimate of drug-likeness (QED) is 0.844. The van der Waals surface area contributed by atoms with E-state index in [9.17, 15) is 9.18 Å². The molecule has 0 bridgehead atoms. The number of carbonyl (C=O) groups is 1. The number of nitrogens with one attached hydrogen (secondary N) is 1. The summed E-state index contributed by atoms with van der Waals surface area (Å²) in [5, 5.41) is 2.66. The molecular weight excluding hydrogens is 317 g/mol. The highest BCUT2D eigenvalue weighted by molar-refractivity contribution is 6.31. The van der Waals surface area contributed by atoms with Crippen LogP contribution in [0.4, 0.5) is 10.1 Å². The zero-order valence-electron chi connectivity index (χ0n) is 13.3. The molecular formula is C18H19ClFNO2. The number of ether oxygens (including phenoxy) is 1. The van der Waals surface area contributed by atoms with Crippen molar-refractivity contribution in [2.45, 2.75) is 33.3 Å². The van der Waals surface area contributed by atoms with Crippen molar-refractivity contribution in [2.24, 2.45) is 0 Å². The van der Waals surface area contributed by atoms with Gasteiger partial charge in [0.05, 0.1) is 5.02 Å². The monoisotopic (exact) mass is 335 g/mol. The Balaban J connectivity index is 2.10. The minimum Gasteiger partial charge on any atom is -0.481 e. The zero-order chi connectivity index (χ0) is 17.0. The maximum Gasteiger partial charge on any atom is 0.265 e. The number of hydrogen-bond acceptors (Lipinski definition) is 2. The molecule has 0 aliphatic heterocycles. The van der Waals surface area contributed by atoms with Crippen molar-refractivity contribution in [3.63, 3.8) is 0 Å². The number of rotatable bonds is 5. The zero-order valence-corrected chi connectivity index (χ0v) is 14.1. The molecule has 0 aliphatic rings. The SMILES string of the molecule is CC[C@H](Oc1cc(C)cc(C)c1)C(=O)Nc1ccc(F)c(Cl)c1. The second-order valence-corrected chi connectivity index (χ2v) is 5.86. The minimum absolute atomic E-state index is 0.0360. The molecule has 0 radical (unpaired) electrons. The number of benzene rings is 2. The van der Waals surface area contributed by atoms with Crippen LogP contribution in [-0.2, 0) is 4.79 Å². The van der Waals surface area contributed by atoms with Crippen molar-refractivity contribution in [3.05, 3.63) is 58.4 Å². The fraction of sp³-hybridized carbons (Fsp3) is 0.278. The molecule has 1 amide bonds. The van der Waals surface area contributed by atoms with E-state index in [-0.39, 0.29) is 10.9 Å². The maximum atomic E-state index is 13.2. The molecule has 0 heterocycles. The third kappa shape index (κ3) is 4.70. The smallest absolute Gasteiger partial charge is 0.265 e. The van der Waals surface area contributed by atoms with Crippen LogP contribution in [0, 0.1) is 19.7 Å². The summed E-state index contributed by atoms with van der Waals surface area (Å²) in [6.45, 7) is 5.81. The maximum absolute atomic E-state index is 13.2. The molecule has 0 aliphatic carbocycles. The van der Waals surface area contributed by atoms with Crippen molar-refractivity contribution < 1.29 is 13.9 Å². The van der Waals surface area contributed by atoms with Gasteiger partial charge in [-0.1, -0.05) is 24.6 Å². The molecule has 0 saturated heterocycles. The average molecular weight is 336 g/mol. The Hall–Kier alpha value is -2.07. The first-order valence-electron chi connectivity index (χ1n) is 7.40. The van der Waals surface area contributed by atoms with Crippen molar-refractivity contribution >= 4 is 23.2 Å². The van der Waals surface area contributed by atoms with Crippen LogP contribution < -0.4 is 10.1 Å². The van der Waals surface area contributed by atoms with Crippen molar-refractivity contribution in [2.75, 3.05) is 5.32 Å². The molecule has 0 unspecified atom stereocenters. The highest BCUT2D eigenvalue weighted by Gasteiger charge is 2.19. The van der Waals surface area contributed by atoms with Crippen molar-refractivity contribution in [1.29, 1.82) is 0 Å². The van der Waals surface area contributed by atoms with E-state index in [1.165, 1.54) is 18.2 Å². The van der Waals surface area contributed by atoms with E-state index < -0.39 is 11.9 Å². The average Bonchev–Trinajstić information content (AvgIpc) is 2.47. The summed E-state index contributed by atoms with van der Waals surface area (Å²) < 4.78 is 18.9. The second-order valence-electron chi connectivity index (χ2n) is 5.46.